The Kier molecular flexibility index (Phi) is 22.5. The summed E-state index contributed by atoms with van der Waals surface area (Å²) in [6.07, 6.45) is -6.01. The maximum atomic E-state index is 14.2. The van der Waals surface area contributed by atoms with E-state index in [1.54, 1.807) is 0 Å². The van der Waals surface area contributed by atoms with Crippen LogP contribution < -0.4 is 20.4 Å². The molecule has 2 rings (SSSR count). The lowest BCUT2D eigenvalue weighted by atomic mass is 9.97. The lowest BCUT2D eigenvalue weighted by Crippen LogP contribution is -2.48. The minimum atomic E-state index is -1.57. The summed E-state index contributed by atoms with van der Waals surface area (Å²) in [5.74, 6) is -2.96. The van der Waals surface area contributed by atoms with Gasteiger partial charge >= 0.3 is 0 Å². The van der Waals surface area contributed by atoms with E-state index in [0.29, 0.717) is 0 Å². The van der Waals surface area contributed by atoms with Crippen LogP contribution in [0.3, 0.4) is 0 Å². The van der Waals surface area contributed by atoms with Crippen LogP contribution in [0.5, 0.6) is 0 Å². The molecule has 0 saturated heterocycles. The molecule has 0 aliphatic rings. The number of rotatable bonds is 19. The van der Waals surface area contributed by atoms with Crippen LogP contribution in [0.2, 0.25) is 0 Å². The summed E-state index contributed by atoms with van der Waals surface area (Å²) < 4.78 is 1.27. The van der Waals surface area contributed by atoms with Crippen molar-refractivity contribution in [3.63, 3.8) is 0 Å². The van der Waals surface area contributed by atoms with Crippen molar-refractivity contribution in [1.29, 1.82) is 0 Å². The maximum absolute atomic E-state index is 14.2. The van der Waals surface area contributed by atoms with Gasteiger partial charge in [-0.25, -0.2) is 0 Å². The van der Waals surface area contributed by atoms with Crippen LogP contribution >= 0.6 is 136 Å². The maximum Gasteiger partial charge on any atom is 0.253 e. The molecule has 0 radical (unpaired) electrons. The van der Waals surface area contributed by atoms with Crippen LogP contribution in [0, 0.1) is 21.4 Å². The summed E-state index contributed by atoms with van der Waals surface area (Å²) >= 11 is 11.2. The van der Waals surface area contributed by atoms with Gasteiger partial charge in [0.2, 0.25) is 11.8 Å². The van der Waals surface area contributed by atoms with Crippen molar-refractivity contribution in [2.75, 3.05) is 62.5 Å². The summed E-state index contributed by atoms with van der Waals surface area (Å²) in [5.41, 5.74) is 0.374. The Bertz CT molecular complexity index is 1650. The summed E-state index contributed by atoms with van der Waals surface area (Å²) in [6, 6.07) is -2.69. The Morgan fingerprint density at radius 2 is 0.804 bits per heavy atom. The number of hydrogen-bond acceptors (Lipinski definition) is 14. The van der Waals surface area contributed by atoms with Crippen LogP contribution in [-0.4, -0.2) is 164 Å². The Hall–Kier alpha value is 0.300. The van der Waals surface area contributed by atoms with Crippen molar-refractivity contribution in [1.82, 2.24) is 10.6 Å². The SMILES string of the molecule is CC(=O)N(CC(O)CO)c1c(I)c(C(=O)NC(CO)C(O)CO)c(I)c(-c2c(I)c(C(=O)NC(CO)C(O)CO)c(I)c(N(CC(O)CO)C(C)=O)c2I)c1I. The molecule has 0 bridgehead atoms. The fourth-order valence-corrected chi connectivity index (χ4v) is 14.7. The number of aliphatic hydroxyl groups excluding tert-OH is 10. The average molecular weight is 1470 g/mol. The highest BCUT2D eigenvalue weighted by atomic mass is 127. The lowest BCUT2D eigenvalue weighted by molar-refractivity contribution is -0.117. The predicted molar refractivity (Wildman–Crippen MR) is 253 cm³/mol. The number of nitrogens with zero attached hydrogens (tertiary/aromatic N) is 2. The largest absolute Gasteiger partial charge is 0.394 e. The monoisotopic (exact) mass is 1470 g/mol. The zero-order chi connectivity index (χ0) is 42.9. The fraction of sp³-hybridized carbons (Fsp3) is 0.500. The Morgan fingerprint density at radius 3 is 1.04 bits per heavy atom. The molecule has 6 unspecified atom stereocenters. The molecular weight excluding hydrogens is 1430 g/mol. The van der Waals surface area contributed by atoms with E-state index in [4.69, 9.17) is 0 Å². The van der Waals surface area contributed by atoms with Crippen LogP contribution in [0.1, 0.15) is 34.6 Å². The number of benzene rings is 2. The number of halogens is 6. The van der Waals surface area contributed by atoms with E-state index in [9.17, 15) is 70.2 Å². The highest BCUT2D eigenvalue weighted by Gasteiger charge is 2.37. The molecule has 0 aromatic heterocycles. The van der Waals surface area contributed by atoms with E-state index < -0.39 is 113 Å². The molecule has 314 valence electrons. The average Bonchev–Trinajstić information content (AvgIpc) is 3.15. The first kappa shape index (κ1) is 52.4. The zero-order valence-corrected chi connectivity index (χ0v) is 42.3. The van der Waals surface area contributed by atoms with Gasteiger partial charge in [-0.05, 0) is 136 Å². The van der Waals surface area contributed by atoms with Crippen LogP contribution in [-0.2, 0) is 9.59 Å². The predicted octanol–water partition coefficient (Wildman–Crippen LogP) is -0.719. The highest BCUT2D eigenvalue weighted by Crippen LogP contribution is 2.49. The molecule has 0 aliphatic carbocycles. The van der Waals surface area contributed by atoms with Gasteiger partial charge in [-0.2, -0.15) is 0 Å². The van der Waals surface area contributed by atoms with E-state index in [-0.39, 0.29) is 55.0 Å². The number of amides is 4. The van der Waals surface area contributed by atoms with Crippen LogP contribution in [0.25, 0.3) is 11.1 Å². The minimum absolute atomic E-state index is 0.0817. The first-order valence-electron chi connectivity index (χ1n) is 16.2. The molecular formula is C32H40I6N4O14. The Morgan fingerprint density at radius 1 is 0.500 bits per heavy atom. The Balaban J connectivity index is 3.38. The van der Waals surface area contributed by atoms with Gasteiger partial charge in [-0.1, -0.05) is 0 Å². The second-order valence-corrected chi connectivity index (χ2v) is 18.5. The molecule has 0 spiro atoms. The van der Waals surface area contributed by atoms with E-state index in [0.717, 1.165) is 9.80 Å². The summed E-state index contributed by atoms with van der Waals surface area (Å²) in [5, 5.41) is 105. The molecule has 0 fully saturated rings. The number of anilines is 2. The van der Waals surface area contributed by atoms with Gasteiger partial charge in [0.1, 0.15) is 0 Å². The van der Waals surface area contributed by atoms with Crippen LogP contribution in [0.15, 0.2) is 0 Å². The number of aliphatic hydroxyl groups is 10. The molecule has 6 atom stereocenters. The molecule has 24 heteroatoms. The number of hydrogen-bond donors (Lipinski definition) is 12. The van der Waals surface area contributed by atoms with E-state index in [1.807, 2.05) is 136 Å². The standard InChI is InChI=1S/C32H40I6N4O14/c1-11(49)41(3-13(51)5-43)29-25(35)19(23(33)21(27(29)37)31(55)39-15(7-45)17(53)9-47)20-24(34)22(32(56)40-16(8-46)18(54)10-48)28(38)30(26(20)36)42(12(2)50)4-14(52)6-44/h13-18,43-48,51-54H,3-10H2,1-2H3,(H,39,55)(H,40,56). The van der Waals surface area contributed by atoms with Gasteiger partial charge in [-0.15, -0.1) is 0 Å². The van der Waals surface area contributed by atoms with Crippen molar-refractivity contribution in [2.24, 2.45) is 0 Å². The lowest BCUT2D eigenvalue weighted by Gasteiger charge is -2.32. The third-order valence-corrected chi connectivity index (χ3v) is 14.5. The van der Waals surface area contributed by atoms with Crippen molar-refractivity contribution in [3.05, 3.63) is 32.5 Å². The van der Waals surface area contributed by atoms with E-state index >= 15 is 0 Å². The quantitative estimate of drug-likeness (QED) is 0.0774. The van der Waals surface area contributed by atoms with E-state index in [2.05, 4.69) is 10.6 Å². The number of nitrogens with one attached hydrogen (secondary N) is 2. The molecule has 4 amide bonds. The van der Waals surface area contributed by atoms with Gasteiger partial charge < -0.3 is 71.5 Å². The highest BCUT2D eigenvalue weighted by molar-refractivity contribution is 14.1. The molecule has 56 heavy (non-hydrogen) atoms. The summed E-state index contributed by atoms with van der Waals surface area (Å²) in [7, 11) is 0. The van der Waals surface area contributed by atoms with Crippen LogP contribution in [0.4, 0.5) is 11.4 Å². The molecule has 2 aromatic carbocycles. The van der Waals surface area contributed by atoms with Gasteiger partial charge in [0.05, 0.1) is 119 Å². The van der Waals surface area contributed by atoms with Gasteiger partial charge in [0.15, 0.2) is 0 Å². The molecule has 0 aliphatic heterocycles. The normalized spacial score (nSPS) is 14.7. The van der Waals surface area contributed by atoms with Crippen molar-refractivity contribution < 1.29 is 70.2 Å². The smallest absolute Gasteiger partial charge is 0.253 e. The number of carbonyl (C=O) groups excluding carboxylic acids is 4. The summed E-state index contributed by atoms with van der Waals surface area (Å²) in [6.45, 7) is -3.11. The molecule has 2 aromatic rings. The third-order valence-electron chi connectivity index (χ3n) is 8.13. The van der Waals surface area contributed by atoms with Crippen molar-refractivity contribution >= 4 is 171 Å². The van der Waals surface area contributed by atoms with Crippen molar-refractivity contribution in [3.8, 4) is 11.1 Å². The molecule has 0 heterocycles. The molecule has 0 saturated carbocycles. The van der Waals surface area contributed by atoms with Gasteiger partial charge in [0, 0.05) is 39.3 Å². The second kappa shape index (κ2) is 24.1. The second-order valence-electron chi connectivity index (χ2n) is 12.0. The Labute approximate surface area is 403 Å². The zero-order valence-electron chi connectivity index (χ0n) is 29.4. The molecule has 12 N–H and O–H groups in total. The topological polar surface area (TPSA) is 301 Å². The van der Waals surface area contributed by atoms with Crippen molar-refractivity contribution in [2.45, 2.75) is 50.3 Å². The van der Waals surface area contributed by atoms with Gasteiger partial charge in [-0.3, -0.25) is 19.2 Å². The first-order chi connectivity index (χ1) is 26.2. The number of carbonyl (C=O) groups is 4. The third kappa shape index (κ3) is 12.2. The fourth-order valence-electron chi connectivity index (χ4n) is 5.17. The summed E-state index contributed by atoms with van der Waals surface area (Å²) in [4.78, 5) is 57.2. The van der Waals surface area contributed by atoms with Gasteiger partial charge in [0.25, 0.3) is 11.8 Å². The van der Waals surface area contributed by atoms with E-state index in [1.165, 1.54) is 13.8 Å². The minimum Gasteiger partial charge on any atom is -0.394 e. The molecule has 18 nitrogen and oxygen atoms in total. The first-order valence-corrected chi connectivity index (χ1v) is 22.6.